The van der Waals surface area contributed by atoms with Gasteiger partial charge in [-0.25, -0.2) is 0 Å². The van der Waals surface area contributed by atoms with E-state index in [4.69, 9.17) is 0 Å². The van der Waals surface area contributed by atoms with E-state index in [1.54, 1.807) is 0 Å². The minimum Gasteiger partial charge on any atom is -0.481 e. The lowest BCUT2D eigenvalue weighted by Gasteiger charge is -2.57. The molecule has 3 heterocycles. The third-order valence-electron chi connectivity index (χ3n) is 7.87. The zero-order chi connectivity index (χ0) is 20.5. The van der Waals surface area contributed by atoms with E-state index in [2.05, 4.69) is 52.3 Å². The SMILES string of the molecule is O=C(O)CCC[C@@H]1[C@H]2CCCN3CCC[C@@H](CN1Cc1ccc4ccccc4c1)[C@@H]23. The first kappa shape index (κ1) is 20.0. The molecule has 0 aliphatic carbocycles. The maximum atomic E-state index is 11.2. The Labute approximate surface area is 179 Å². The predicted octanol–water partition coefficient (Wildman–Crippen LogP) is 4.77. The van der Waals surface area contributed by atoms with E-state index < -0.39 is 5.97 Å². The van der Waals surface area contributed by atoms with Crippen molar-refractivity contribution in [2.24, 2.45) is 11.8 Å². The Morgan fingerprint density at radius 2 is 1.83 bits per heavy atom. The highest BCUT2D eigenvalue weighted by atomic mass is 16.4. The van der Waals surface area contributed by atoms with E-state index in [1.807, 2.05) is 0 Å². The zero-order valence-corrected chi connectivity index (χ0v) is 17.9. The summed E-state index contributed by atoms with van der Waals surface area (Å²) < 4.78 is 0. The van der Waals surface area contributed by atoms with Crippen molar-refractivity contribution in [1.82, 2.24) is 9.80 Å². The van der Waals surface area contributed by atoms with Gasteiger partial charge in [0.05, 0.1) is 0 Å². The fourth-order valence-electron chi connectivity index (χ4n) is 6.70. The van der Waals surface area contributed by atoms with Crippen LogP contribution in [0.3, 0.4) is 0 Å². The van der Waals surface area contributed by atoms with Gasteiger partial charge in [-0.05, 0) is 85.9 Å². The van der Waals surface area contributed by atoms with Crippen LogP contribution >= 0.6 is 0 Å². The number of carbonyl (C=O) groups is 1. The predicted molar refractivity (Wildman–Crippen MR) is 120 cm³/mol. The van der Waals surface area contributed by atoms with Gasteiger partial charge in [-0.2, -0.15) is 0 Å². The van der Waals surface area contributed by atoms with Crippen LogP contribution in [0.5, 0.6) is 0 Å². The molecule has 4 nitrogen and oxygen atoms in total. The van der Waals surface area contributed by atoms with Gasteiger partial charge in [-0.1, -0.05) is 36.4 Å². The summed E-state index contributed by atoms with van der Waals surface area (Å²) >= 11 is 0. The number of likely N-dealkylation sites (tertiary alicyclic amines) is 1. The lowest BCUT2D eigenvalue weighted by molar-refractivity contribution is -0.137. The first-order valence-corrected chi connectivity index (χ1v) is 11.9. The van der Waals surface area contributed by atoms with Crippen molar-refractivity contribution < 1.29 is 9.90 Å². The maximum Gasteiger partial charge on any atom is 0.303 e. The molecule has 0 unspecified atom stereocenters. The molecule has 3 aliphatic rings. The van der Waals surface area contributed by atoms with Crippen LogP contribution in [0.15, 0.2) is 42.5 Å². The summed E-state index contributed by atoms with van der Waals surface area (Å²) in [6.45, 7) is 4.69. The standard InChI is InChI=1S/C26H34N2O2/c29-25(30)11-3-10-24-23-9-5-15-27-14-4-8-22(26(23)27)18-28(24)17-19-12-13-20-6-1-2-7-21(20)16-19/h1-2,6-7,12-13,16,22-24,26H,3-5,8-11,14-15,17-18H2,(H,29,30)/t22-,23+,24+,26-/m0/s1. The molecule has 0 radical (unpaired) electrons. The first-order valence-electron chi connectivity index (χ1n) is 11.9. The monoisotopic (exact) mass is 406 g/mol. The highest BCUT2D eigenvalue weighted by Crippen LogP contribution is 2.43. The Balaban J connectivity index is 1.40. The van der Waals surface area contributed by atoms with Crippen molar-refractivity contribution in [3.05, 3.63) is 48.0 Å². The second-order valence-electron chi connectivity index (χ2n) is 9.70. The van der Waals surface area contributed by atoms with Crippen LogP contribution in [0.4, 0.5) is 0 Å². The van der Waals surface area contributed by atoms with Crippen molar-refractivity contribution in [3.8, 4) is 0 Å². The van der Waals surface area contributed by atoms with Crippen molar-refractivity contribution in [3.63, 3.8) is 0 Å². The number of rotatable bonds is 6. The van der Waals surface area contributed by atoms with Crippen LogP contribution in [0.2, 0.25) is 0 Å². The second-order valence-corrected chi connectivity index (χ2v) is 9.70. The van der Waals surface area contributed by atoms with E-state index in [9.17, 15) is 9.90 Å². The van der Waals surface area contributed by atoms with Gasteiger partial charge in [0.1, 0.15) is 0 Å². The molecule has 0 bridgehead atoms. The van der Waals surface area contributed by atoms with Crippen molar-refractivity contribution in [2.75, 3.05) is 19.6 Å². The molecule has 2 aromatic rings. The summed E-state index contributed by atoms with van der Waals surface area (Å²) in [5.74, 6) is 0.819. The highest BCUT2D eigenvalue weighted by molar-refractivity contribution is 5.82. The first-order chi connectivity index (χ1) is 14.7. The van der Waals surface area contributed by atoms with Gasteiger partial charge in [-0.15, -0.1) is 0 Å². The quantitative estimate of drug-likeness (QED) is 0.750. The third kappa shape index (κ3) is 4.00. The van der Waals surface area contributed by atoms with Crippen LogP contribution < -0.4 is 0 Å². The topological polar surface area (TPSA) is 43.8 Å². The Morgan fingerprint density at radius 1 is 1.03 bits per heavy atom. The molecule has 0 spiro atoms. The molecule has 30 heavy (non-hydrogen) atoms. The lowest BCUT2D eigenvalue weighted by Crippen LogP contribution is -2.64. The normalized spacial score (nSPS) is 29.6. The second kappa shape index (κ2) is 8.68. The summed E-state index contributed by atoms with van der Waals surface area (Å²) in [6.07, 6.45) is 7.40. The van der Waals surface area contributed by atoms with Gasteiger partial charge in [0.15, 0.2) is 0 Å². The van der Waals surface area contributed by atoms with Crippen LogP contribution in [-0.4, -0.2) is 52.6 Å². The summed E-state index contributed by atoms with van der Waals surface area (Å²) in [7, 11) is 0. The van der Waals surface area contributed by atoms with E-state index in [-0.39, 0.29) is 0 Å². The van der Waals surface area contributed by atoms with E-state index in [0.29, 0.717) is 18.4 Å². The Kier molecular flexibility index (Phi) is 5.79. The molecular weight excluding hydrogens is 372 g/mol. The molecule has 5 rings (SSSR count). The maximum absolute atomic E-state index is 11.2. The average Bonchev–Trinajstić information content (AvgIpc) is 2.76. The van der Waals surface area contributed by atoms with Crippen LogP contribution in [0.1, 0.15) is 50.5 Å². The molecule has 3 aliphatic heterocycles. The number of piperidine rings is 3. The van der Waals surface area contributed by atoms with Crippen molar-refractivity contribution in [1.29, 1.82) is 0 Å². The van der Waals surface area contributed by atoms with Crippen LogP contribution in [-0.2, 0) is 11.3 Å². The molecule has 4 heteroatoms. The third-order valence-corrected chi connectivity index (χ3v) is 7.87. The summed E-state index contributed by atoms with van der Waals surface area (Å²) in [4.78, 5) is 16.7. The van der Waals surface area contributed by atoms with Gasteiger partial charge in [0.2, 0.25) is 0 Å². The number of carboxylic acids is 1. The largest absolute Gasteiger partial charge is 0.481 e. The van der Waals surface area contributed by atoms with Gasteiger partial charge in [0.25, 0.3) is 0 Å². The molecule has 3 fully saturated rings. The Bertz CT molecular complexity index is 895. The lowest BCUT2D eigenvalue weighted by atomic mass is 9.69. The molecule has 160 valence electrons. The average molecular weight is 407 g/mol. The highest BCUT2D eigenvalue weighted by Gasteiger charge is 2.48. The fraction of sp³-hybridized carbons (Fsp3) is 0.577. The zero-order valence-electron chi connectivity index (χ0n) is 17.9. The summed E-state index contributed by atoms with van der Waals surface area (Å²) in [5.41, 5.74) is 1.39. The number of nitrogens with zero attached hydrogens (tertiary/aromatic N) is 2. The van der Waals surface area contributed by atoms with E-state index in [0.717, 1.165) is 31.3 Å². The van der Waals surface area contributed by atoms with E-state index >= 15 is 0 Å². The molecule has 3 saturated heterocycles. The number of benzene rings is 2. The molecule has 4 atom stereocenters. The summed E-state index contributed by atoms with van der Waals surface area (Å²) in [6, 6.07) is 16.7. The minimum atomic E-state index is -0.660. The number of hydrogen-bond acceptors (Lipinski definition) is 3. The van der Waals surface area contributed by atoms with Gasteiger partial charge in [-0.3, -0.25) is 14.6 Å². The van der Waals surface area contributed by atoms with Crippen molar-refractivity contribution >= 4 is 16.7 Å². The van der Waals surface area contributed by atoms with Crippen molar-refractivity contribution in [2.45, 2.75) is 63.6 Å². The summed E-state index contributed by atoms with van der Waals surface area (Å²) in [5, 5.41) is 11.8. The molecule has 1 N–H and O–H groups in total. The minimum absolute atomic E-state index is 0.296. The van der Waals surface area contributed by atoms with E-state index in [1.165, 1.54) is 61.7 Å². The van der Waals surface area contributed by atoms with Gasteiger partial charge >= 0.3 is 5.97 Å². The number of carboxylic acid groups (broad SMARTS) is 1. The molecule has 2 aromatic carbocycles. The Hall–Kier alpha value is -1.91. The number of aliphatic carboxylic acids is 1. The Morgan fingerprint density at radius 3 is 2.67 bits per heavy atom. The molecular formula is C26H34N2O2. The smallest absolute Gasteiger partial charge is 0.303 e. The van der Waals surface area contributed by atoms with Gasteiger partial charge < -0.3 is 5.11 Å². The van der Waals surface area contributed by atoms with Gasteiger partial charge in [0, 0.05) is 31.6 Å². The number of hydrogen-bond donors (Lipinski definition) is 1. The van der Waals surface area contributed by atoms with Crippen LogP contribution in [0, 0.1) is 11.8 Å². The van der Waals surface area contributed by atoms with Crippen LogP contribution in [0.25, 0.3) is 10.8 Å². The number of fused-ring (bicyclic) bond motifs is 1. The fourth-order valence-corrected chi connectivity index (χ4v) is 6.70. The molecule has 0 amide bonds. The molecule has 0 saturated carbocycles. The molecule has 0 aromatic heterocycles.